The van der Waals surface area contributed by atoms with E-state index >= 15 is 0 Å². The van der Waals surface area contributed by atoms with Gasteiger partial charge >= 0.3 is 0 Å². The van der Waals surface area contributed by atoms with Crippen LogP contribution in [0, 0.1) is 0 Å². The van der Waals surface area contributed by atoms with Crippen molar-refractivity contribution < 1.29 is 9.59 Å². The van der Waals surface area contributed by atoms with Crippen LogP contribution in [0.25, 0.3) is 11.0 Å². The summed E-state index contributed by atoms with van der Waals surface area (Å²) in [6.45, 7) is 4.46. The number of para-hydroxylation sites is 1. The Hall–Kier alpha value is -4.11. The van der Waals surface area contributed by atoms with E-state index in [9.17, 15) is 9.59 Å². The van der Waals surface area contributed by atoms with Crippen LogP contribution in [0.4, 0.5) is 5.69 Å². The van der Waals surface area contributed by atoms with E-state index in [-0.39, 0.29) is 24.4 Å². The lowest BCUT2D eigenvalue weighted by atomic mass is 9.92. The van der Waals surface area contributed by atoms with Gasteiger partial charge in [0, 0.05) is 62.8 Å². The van der Waals surface area contributed by atoms with E-state index in [2.05, 4.69) is 32.2 Å². The van der Waals surface area contributed by atoms with Crippen LogP contribution in [0.1, 0.15) is 50.2 Å². The Bertz CT molecular complexity index is 1470. The number of rotatable bonds is 5. The second-order valence-corrected chi connectivity index (χ2v) is 11.1. The van der Waals surface area contributed by atoms with Crippen LogP contribution < -0.4 is 4.90 Å². The van der Waals surface area contributed by atoms with Crippen molar-refractivity contribution in [3.8, 4) is 0 Å². The predicted octanol–water partition coefficient (Wildman–Crippen LogP) is 4.43. The number of anilines is 1. The molecular weight excluding hydrogens is 514 g/mol. The third-order valence-corrected chi connectivity index (χ3v) is 8.45. The summed E-state index contributed by atoms with van der Waals surface area (Å²) in [6.07, 6.45) is 8.21. The van der Waals surface area contributed by atoms with Crippen LogP contribution >= 0.6 is 0 Å². The molecule has 212 valence electrons. The molecule has 0 N–H and O–H groups in total. The van der Waals surface area contributed by atoms with E-state index in [1.54, 1.807) is 0 Å². The van der Waals surface area contributed by atoms with E-state index in [1.807, 2.05) is 77.6 Å². The highest BCUT2D eigenvalue weighted by Gasteiger charge is 2.35. The molecule has 4 aromatic rings. The minimum atomic E-state index is -0.0290. The second-order valence-electron chi connectivity index (χ2n) is 11.1. The minimum absolute atomic E-state index is 0.0290. The maximum absolute atomic E-state index is 14.0. The van der Waals surface area contributed by atoms with Crippen molar-refractivity contribution in [3.63, 3.8) is 0 Å². The number of nitrogens with zero attached hydrogens (tertiary/aromatic N) is 7. The lowest BCUT2D eigenvalue weighted by molar-refractivity contribution is -0.134. The van der Waals surface area contributed by atoms with Gasteiger partial charge in [0.25, 0.3) is 0 Å². The maximum atomic E-state index is 14.0. The van der Waals surface area contributed by atoms with Gasteiger partial charge in [0.1, 0.15) is 17.6 Å². The molecule has 0 saturated carbocycles. The van der Waals surface area contributed by atoms with Crippen molar-refractivity contribution in [2.75, 3.05) is 18.0 Å². The number of amides is 2. The fraction of sp³-hybridized carbons (Fsp3) is 0.406. The average molecular weight is 552 g/mol. The molecule has 0 radical (unpaired) electrons. The number of hydrogen-bond acceptors (Lipinski definition) is 6. The van der Waals surface area contributed by atoms with Gasteiger partial charge in [-0.2, -0.15) is 15.0 Å². The molecular formula is C32H37N7O2. The summed E-state index contributed by atoms with van der Waals surface area (Å²) in [5, 5.41) is 9.10. The van der Waals surface area contributed by atoms with E-state index in [1.165, 1.54) is 10.4 Å². The Morgan fingerprint density at radius 1 is 0.854 bits per heavy atom. The Balaban J connectivity index is 1.36. The number of aromatic nitrogens is 4. The van der Waals surface area contributed by atoms with Crippen LogP contribution in [-0.4, -0.2) is 66.8 Å². The number of carbonyl (C=O) groups is 2. The lowest BCUT2D eigenvalue weighted by Crippen LogP contribution is -2.52. The third-order valence-electron chi connectivity index (χ3n) is 8.45. The SMILES string of the molecule is CCC(=O)N1CCC2CCCC(CN(C(=O)Cn3nc4ccccc4n3)Cc3ccccc31)N2Cc1ccncc1. The number of benzene rings is 2. The summed E-state index contributed by atoms with van der Waals surface area (Å²) in [5.74, 6) is 0.0776. The standard InChI is InChI=1S/C32H37N7O2/c1-2-31(40)37-19-16-26-9-7-10-27(38(26)20-24-14-17-33-18-15-24)22-36(21-25-8-3-6-13-30(25)37)32(41)23-39-34-28-11-4-5-12-29(28)35-39/h3-6,8,11-15,17-18,26-27H,2,7,9-10,16,19-23H2,1H3. The molecule has 2 amide bonds. The van der Waals surface area contributed by atoms with E-state index < -0.39 is 0 Å². The number of pyridine rings is 1. The Morgan fingerprint density at radius 3 is 2.32 bits per heavy atom. The summed E-state index contributed by atoms with van der Waals surface area (Å²) >= 11 is 0. The van der Waals surface area contributed by atoms with E-state index in [0.29, 0.717) is 32.1 Å². The monoisotopic (exact) mass is 551 g/mol. The normalized spacial score (nSPS) is 19.9. The maximum Gasteiger partial charge on any atom is 0.246 e. The fourth-order valence-corrected chi connectivity index (χ4v) is 6.35. The van der Waals surface area contributed by atoms with E-state index in [4.69, 9.17) is 0 Å². The zero-order valence-electron chi connectivity index (χ0n) is 23.6. The van der Waals surface area contributed by atoms with Gasteiger partial charge in [-0.05, 0) is 60.7 Å². The molecule has 2 aliphatic rings. The Kier molecular flexibility index (Phi) is 8.04. The molecule has 0 aliphatic carbocycles. The first-order valence-corrected chi connectivity index (χ1v) is 14.7. The molecule has 0 spiro atoms. The van der Waals surface area contributed by atoms with Crippen LogP contribution in [0.2, 0.25) is 0 Å². The van der Waals surface area contributed by atoms with Gasteiger partial charge in [-0.1, -0.05) is 43.7 Å². The molecule has 2 unspecified atom stereocenters. The molecule has 2 bridgehead atoms. The molecule has 1 fully saturated rings. The first kappa shape index (κ1) is 27.1. The van der Waals surface area contributed by atoms with Gasteiger partial charge in [0.2, 0.25) is 11.8 Å². The highest BCUT2D eigenvalue weighted by molar-refractivity contribution is 5.94. The van der Waals surface area contributed by atoms with Crippen molar-refractivity contribution in [2.45, 2.75) is 70.7 Å². The Labute approximate surface area is 240 Å². The quantitative estimate of drug-likeness (QED) is 0.365. The predicted molar refractivity (Wildman–Crippen MR) is 158 cm³/mol. The third kappa shape index (κ3) is 6.00. The topological polar surface area (TPSA) is 87.5 Å². The fourth-order valence-electron chi connectivity index (χ4n) is 6.35. The van der Waals surface area contributed by atoms with Gasteiger partial charge in [-0.15, -0.1) is 0 Å². The molecule has 9 nitrogen and oxygen atoms in total. The molecule has 9 heteroatoms. The highest BCUT2D eigenvalue weighted by Crippen LogP contribution is 2.32. The summed E-state index contributed by atoms with van der Waals surface area (Å²) in [6, 6.07) is 20.4. The molecule has 41 heavy (non-hydrogen) atoms. The second kappa shape index (κ2) is 12.2. The van der Waals surface area contributed by atoms with Gasteiger partial charge in [0.15, 0.2) is 0 Å². The summed E-state index contributed by atoms with van der Waals surface area (Å²) in [7, 11) is 0. The highest BCUT2D eigenvalue weighted by atomic mass is 16.2. The van der Waals surface area contributed by atoms with Gasteiger partial charge in [-0.25, -0.2) is 0 Å². The van der Waals surface area contributed by atoms with Crippen LogP contribution in [0.15, 0.2) is 73.1 Å². The molecule has 2 aromatic carbocycles. The van der Waals surface area contributed by atoms with Crippen molar-refractivity contribution in [2.24, 2.45) is 0 Å². The van der Waals surface area contributed by atoms with Gasteiger partial charge in [0.05, 0.1) is 0 Å². The molecule has 2 atom stereocenters. The number of piperidine rings is 1. The van der Waals surface area contributed by atoms with Crippen molar-refractivity contribution in [3.05, 3.63) is 84.2 Å². The van der Waals surface area contributed by atoms with Crippen molar-refractivity contribution in [1.82, 2.24) is 29.8 Å². The number of carbonyl (C=O) groups excluding carboxylic acids is 2. The molecule has 6 rings (SSSR count). The van der Waals surface area contributed by atoms with Crippen LogP contribution in [-0.2, 0) is 29.2 Å². The van der Waals surface area contributed by atoms with Crippen LogP contribution in [0.5, 0.6) is 0 Å². The van der Waals surface area contributed by atoms with Gasteiger partial charge < -0.3 is 9.80 Å². The molecule has 2 aromatic heterocycles. The largest absolute Gasteiger partial charge is 0.335 e. The van der Waals surface area contributed by atoms with E-state index in [0.717, 1.165) is 54.5 Å². The van der Waals surface area contributed by atoms with Gasteiger partial charge in [-0.3, -0.25) is 19.5 Å². The summed E-state index contributed by atoms with van der Waals surface area (Å²) in [5.41, 5.74) is 4.64. The number of hydrogen-bond donors (Lipinski definition) is 0. The van der Waals surface area contributed by atoms with Crippen molar-refractivity contribution in [1.29, 1.82) is 0 Å². The first-order chi connectivity index (χ1) is 20.1. The number of fused-ring (bicyclic) bond motifs is 4. The zero-order chi connectivity index (χ0) is 28.2. The molecule has 2 aliphatic heterocycles. The minimum Gasteiger partial charge on any atom is -0.335 e. The lowest BCUT2D eigenvalue weighted by Gasteiger charge is -2.44. The smallest absolute Gasteiger partial charge is 0.246 e. The summed E-state index contributed by atoms with van der Waals surface area (Å²) in [4.78, 5) is 39.5. The average Bonchev–Trinajstić information content (AvgIpc) is 3.41. The Morgan fingerprint density at radius 2 is 1.56 bits per heavy atom. The van der Waals surface area contributed by atoms with Crippen molar-refractivity contribution >= 4 is 28.5 Å². The molecule has 4 heterocycles. The zero-order valence-corrected chi connectivity index (χ0v) is 23.6. The first-order valence-electron chi connectivity index (χ1n) is 14.7. The molecule has 1 saturated heterocycles. The summed E-state index contributed by atoms with van der Waals surface area (Å²) < 4.78 is 0. The van der Waals surface area contributed by atoms with Crippen LogP contribution in [0.3, 0.4) is 0 Å².